The summed E-state index contributed by atoms with van der Waals surface area (Å²) in [5, 5.41) is 8.92. The van der Waals surface area contributed by atoms with Gasteiger partial charge in [-0.15, -0.1) is 11.3 Å². The van der Waals surface area contributed by atoms with E-state index in [1.54, 1.807) is 19.9 Å². The zero-order valence-corrected chi connectivity index (χ0v) is 12.2. The Morgan fingerprint density at radius 2 is 2.29 bits per heavy atom. The van der Waals surface area contributed by atoms with Gasteiger partial charge in [0.1, 0.15) is 11.6 Å². The topological polar surface area (TPSA) is 50.1 Å². The highest BCUT2D eigenvalue weighted by atomic mass is 79.9. The fourth-order valence-electron chi connectivity index (χ4n) is 1.11. The van der Waals surface area contributed by atoms with Gasteiger partial charge < -0.3 is 4.74 Å². The minimum Gasteiger partial charge on any atom is -0.459 e. The number of nitrogens with zero attached hydrogens (tertiary/aromatic N) is 1. The summed E-state index contributed by atoms with van der Waals surface area (Å²) in [5.41, 5.74) is 0.0208. The van der Waals surface area contributed by atoms with Crippen LogP contribution in [0, 0.1) is 18.3 Å². The van der Waals surface area contributed by atoms with Crippen molar-refractivity contribution in [3.63, 3.8) is 0 Å². The maximum atomic E-state index is 11.6. The summed E-state index contributed by atoms with van der Waals surface area (Å²) in [5.74, 6) is -0.579. The molecule has 0 unspecified atom stereocenters. The molecule has 0 aliphatic heterocycles. The maximum Gasteiger partial charge on any atom is 0.349 e. The van der Waals surface area contributed by atoms with Crippen molar-refractivity contribution in [1.82, 2.24) is 0 Å². The lowest BCUT2D eigenvalue weighted by Crippen LogP contribution is -2.12. The molecule has 1 aromatic rings. The molecule has 0 saturated carbocycles. The van der Waals surface area contributed by atoms with Gasteiger partial charge in [-0.3, -0.25) is 0 Å². The van der Waals surface area contributed by atoms with Gasteiger partial charge in [0.05, 0.1) is 6.10 Å². The Morgan fingerprint density at radius 1 is 1.65 bits per heavy atom. The first-order valence-corrected chi connectivity index (χ1v) is 6.63. The second kappa shape index (κ2) is 5.99. The number of thiophene rings is 1. The summed E-state index contributed by atoms with van der Waals surface area (Å²) < 4.78 is 5.95. The summed E-state index contributed by atoms with van der Waals surface area (Å²) in [6, 6.07) is 3.74. The Hall–Kier alpha value is -1.12. The van der Waals surface area contributed by atoms with Crippen molar-refractivity contribution in [3.8, 4) is 6.07 Å². The van der Waals surface area contributed by atoms with Crippen molar-refractivity contribution in [2.75, 3.05) is 0 Å². The van der Waals surface area contributed by atoms with Crippen LogP contribution >= 0.6 is 27.3 Å². The number of hydrogen-bond donors (Lipinski definition) is 0. The zero-order chi connectivity index (χ0) is 13.0. The molecule has 0 aliphatic rings. The van der Waals surface area contributed by atoms with Crippen LogP contribution in [0.1, 0.15) is 23.6 Å². The van der Waals surface area contributed by atoms with Crippen LogP contribution in [0.5, 0.6) is 0 Å². The molecule has 17 heavy (non-hydrogen) atoms. The fourth-order valence-corrected chi connectivity index (χ4v) is 2.61. The van der Waals surface area contributed by atoms with Crippen molar-refractivity contribution in [2.24, 2.45) is 0 Å². The molecule has 0 saturated heterocycles. The largest absolute Gasteiger partial charge is 0.459 e. The quantitative estimate of drug-likeness (QED) is 0.486. The Balaban J connectivity index is 2.95. The predicted octanol–water partition coefficient (Wildman–Crippen LogP) is 3.68. The predicted molar refractivity (Wildman–Crippen MR) is 71.6 cm³/mol. The molecule has 1 aromatic heterocycles. The van der Waals surface area contributed by atoms with Gasteiger partial charge in [-0.2, -0.15) is 5.26 Å². The molecular formula is C12H12BrNO2S. The molecule has 90 valence electrons. The third kappa shape index (κ3) is 3.99. The molecule has 1 rings (SSSR count). The van der Waals surface area contributed by atoms with Gasteiger partial charge in [0.25, 0.3) is 0 Å². The van der Waals surface area contributed by atoms with E-state index in [0.29, 0.717) is 0 Å². The number of esters is 1. The highest BCUT2D eigenvalue weighted by Crippen LogP contribution is 2.28. The van der Waals surface area contributed by atoms with Crippen LogP contribution in [0.4, 0.5) is 0 Å². The molecule has 1 heterocycles. The maximum absolute atomic E-state index is 11.6. The van der Waals surface area contributed by atoms with Gasteiger partial charge in [-0.25, -0.2) is 4.79 Å². The first kappa shape index (κ1) is 13.9. The smallest absolute Gasteiger partial charge is 0.349 e. The van der Waals surface area contributed by atoms with E-state index in [2.05, 4.69) is 15.9 Å². The van der Waals surface area contributed by atoms with E-state index in [0.717, 1.165) is 14.2 Å². The standard InChI is InChI=1S/C12H12BrNO2S/c1-7(2)16-12(15)9(6-14)4-10-5-11(13)8(3)17-10/h4-5,7H,1-3H3. The molecule has 0 amide bonds. The van der Waals surface area contributed by atoms with E-state index in [-0.39, 0.29) is 11.7 Å². The van der Waals surface area contributed by atoms with Crippen LogP contribution in [0.3, 0.4) is 0 Å². The van der Waals surface area contributed by atoms with Crippen molar-refractivity contribution in [3.05, 3.63) is 25.9 Å². The van der Waals surface area contributed by atoms with Gasteiger partial charge in [0.15, 0.2) is 0 Å². The number of aryl methyl sites for hydroxylation is 1. The molecule has 0 bridgehead atoms. The van der Waals surface area contributed by atoms with Crippen LogP contribution < -0.4 is 0 Å². The van der Waals surface area contributed by atoms with E-state index >= 15 is 0 Å². The van der Waals surface area contributed by atoms with Crippen molar-refractivity contribution >= 4 is 39.3 Å². The molecule has 0 spiro atoms. The fraction of sp³-hybridized carbons (Fsp3) is 0.333. The van der Waals surface area contributed by atoms with E-state index in [9.17, 15) is 4.79 Å². The Kier molecular flexibility index (Phi) is 4.91. The molecule has 5 heteroatoms. The highest BCUT2D eigenvalue weighted by molar-refractivity contribution is 9.10. The molecule has 0 radical (unpaired) electrons. The Bertz CT molecular complexity index is 478. The summed E-state index contributed by atoms with van der Waals surface area (Å²) in [7, 11) is 0. The van der Waals surface area contributed by atoms with Crippen molar-refractivity contribution < 1.29 is 9.53 Å². The van der Waals surface area contributed by atoms with Crippen molar-refractivity contribution in [2.45, 2.75) is 26.9 Å². The monoisotopic (exact) mass is 313 g/mol. The van der Waals surface area contributed by atoms with Crippen LogP contribution in [-0.2, 0) is 9.53 Å². The number of halogens is 1. The lowest BCUT2D eigenvalue weighted by molar-refractivity contribution is -0.142. The first-order chi connectivity index (χ1) is 7.93. The van der Waals surface area contributed by atoms with E-state index in [1.807, 2.05) is 19.1 Å². The number of ether oxygens (including phenoxy) is 1. The van der Waals surface area contributed by atoms with Crippen molar-refractivity contribution in [1.29, 1.82) is 5.26 Å². The minimum atomic E-state index is -0.579. The third-order valence-electron chi connectivity index (χ3n) is 1.85. The second-order valence-corrected chi connectivity index (χ2v) is 5.82. The molecular weight excluding hydrogens is 302 g/mol. The number of rotatable bonds is 3. The Labute approximate surface area is 113 Å². The normalized spacial score (nSPS) is 11.4. The lowest BCUT2D eigenvalue weighted by atomic mass is 10.2. The summed E-state index contributed by atoms with van der Waals surface area (Å²) in [6.07, 6.45) is 1.32. The van der Waals surface area contributed by atoms with Gasteiger partial charge in [0, 0.05) is 14.2 Å². The molecule has 0 N–H and O–H groups in total. The average Bonchev–Trinajstić information content (AvgIpc) is 2.53. The number of carbonyl (C=O) groups is 1. The summed E-state index contributed by atoms with van der Waals surface area (Å²) >= 11 is 4.90. The zero-order valence-electron chi connectivity index (χ0n) is 9.78. The molecule has 3 nitrogen and oxygen atoms in total. The summed E-state index contributed by atoms with van der Waals surface area (Å²) in [6.45, 7) is 5.46. The summed E-state index contributed by atoms with van der Waals surface area (Å²) in [4.78, 5) is 13.5. The van der Waals surface area contributed by atoms with Crippen LogP contribution in [0.25, 0.3) is 6.08 Å². The van der Waals surface area contributed by atoms with E-state index in [4.69, 9.17) is 10.00 Å². The molecule has 0 atom stereocenters. The van der Waals surface area contributed by atoms with E-state index in [1.165, 1.54) is 11.3 Å². The molecule has 0 aromatic carbocycles. The molecule has 0 fully saturated rings. The number of nitriles is 1. The third-order valence-corrected chi connectivity index (χ3v) is 3.93. The second-order valence-electron chi connectivity index (χ2n) is 3.68. The SMILES string of the molecule is Cc1sc(C=C(C#N)C(=O)OC(C)C)cc1Br. The highest BCUT2D eigenvalue weighted by Gasteiger charge is 2.13. The van der Waals surface area contributed by atoms with Gasteiger partial charge in [0.2, 0.25) is 0 Å². The van der Waals surface area contributed by atoms with Gasteiger partial charge in [-0.1, -0.05) is 0 Å². The molecule has 0 aliphatic carbocycles. The number of carbonyl (C=O) groups excluding carboxylic acids is 1. The van der Waals surface area contributed by atoms with E-state index < -0.39 is 5.97 Å². The average molecular weight is 314 g/mol. The number of hydrogen-bond acceptors (Lipinski definition) is 4. The van der Waals surface area contributed by atoms with Crippen LogP contribution in [0.15, 0.2) is 16.1 Å². The minimum absolute atomic E-state index is 0.0208. The lowest BCUT2D eigenvalue weighted by Gasteiger charge is -2.05. The van der Waals surface area contributed by atoms with Crippen LogP contribution in [0.2, 0.25) is 0 Å². The van der Waals surface area contributed by atoms with Gasteiger partial charge in [-0.05, 0) is 48.8 Å². The van der Waals surface area contributed by atoms with Crippen LogP contribution in [-0.4, -0.2) is 12.1 Å². The first-order valence-electron chi connectivity index (χ1n) is 5.02. The van der Waals surface area contributed by atoms with Gasteiger partial charge >= 0.3 is 5.97 Å². The Morgan fingerprint density at radius 3 is 2.71 bits per heavy atom.